The van der Waals surface area contributed by atoms with E-state index in [4.69, 9.17) is 21.6 Å². The zero-order chi connectivity index (χ0) is 16.7. The van der Waals surface area contributed by atoms with Gasteiger partial charge in [-0.05, 0) is 44.4 Å². The third-order valence-electron chi connectivity index (χ3n) is 4.04. The van der Waals surface area contributed by atoms with Crippen LogP contribution in [0.4, 0.5) is 5.95 Å². The highest BCUT2D eigenvalue weighted by atomic mass is 35.5. The molecule has 0 atom stereocenters. The third-order valence-corrected chi connectivity index (χ3v) is 4.28. The molecule has 0 amide bonds. The molecule has 0 fully saturated rings. The molecule has 4 aromatic rings. The zero-order valence-corrected chi connectivity index (χ0v) is 14.4. The van der Waals surface area contributed by atoms with Crippen molar-refractivity contribution in [3.05, 3.63) is 47.5 Å². The van der Waals surface area contributed by atoms with Crippen LogP contribution < -0.4 is 5.32 Å². The molecule has 6 heteroatoms. The van der Waals surface area contributed by atoms with Gasteiger partial charge in [-0.2, -0.15) is 0 Å². The van der Waals surface area contributed by atoms with Crippen molar-refractivity contribution in [1.29, 1.82) is 0 Å². The molecule has 0 aliphatic heterocycles. The average molecular weight is 340 g/mol. The second-order valence-corrected chi connectivity index (χ2v) is 6.52. The molecule has 5 nitrogen and oxygen atoms in total. The summed E-state index contributed by atoms with van der Waals surface area (Å²) in [6.45, 7) is 1.73. The first kappa shape index (κ1) is 15.2. The highest BCUT2D eigenvalue weighted by Gasteiger charge is 2.13. The van der Waals surface area contributed by atoms with E-state index >= 15 is 0 Å². The highest BCUT2D eigenvalue weighted by Crippen LogP contribution is 2.28. The fourth-order valence-corrected chi connectivity index (χ4v) is 3.05. The van der Waals surface area contributed by atoms with Crippen LogP contribution in [0.5, 0.6) is 0 Å². The number of imidazole rings is 1. The molecule has 0 unspecified atom stereocenters. The number of hydrogen-bond acceptors (Lipinski definition) is 4. The lowest BCUT2D eigenvalue weighted by molar-refractivity contribution is 0.425. The summed E-state index contributed by atoms with van der Waals surface area (Å²) in [5.41, 5.74) is 3.74. The number of nitrogens with one attached hydrogen (secondary N) is 1. The molecule has 0 saturated heterocycles. The van der Waals surface area contributed by atoms with Gasteiger partial charge in [0.25, 0.3) is 0 Å². The SMILES string of the molecule is CN(C)CCNc1nc2ccc(Cl)cc2c2nc3ccccc3n12. The summed E-state index contributed by atoms with van der Waals surface area (Å²) in [5, 5.41) is 5.08. The van der Waals surface area contributed by atoms with Crippen LogP contribution in [0.15, 0.2) is 42.5 Å². The molecule has 1 N–H and O–H groups in total. The fourth-order valence-electron chi connectivity index (χ4n) is 2.88. The Morgan fingerprint density at radius 2 is 1.92 bits per heavy atom. The summed E-state index contributed by atoms with van der Waals surface area (Å²) >= 11 is 6.19. The van der Waals surface area contributed by atoms with Gasteiger partial charge in [-0.15, -0.1) is 0 Å². The molecule has 0 bridgehead atoms. The van der Waals surface area contributed by atoms with E-state index in [1.165, 1.54) is 0 Å². The van der Waals surface area contributed by atoms with Gasteiger partial charge in [0.1, 0.15) is 5.65 Å². The number of fused-ring (bicyclic) bond motifs is 5. The number of likely N-dealkylation sites (N-methyl/N-ethyl adjacent to an activating group) is 1. The van der Waals surface area contributed by atoms with E-state index in [0.29, 0.717) is 5.02 Å². The molecule has 2 aromatic heterocycles. The Kier molecular flexibility index (Phi) is 3.75. The van der Waals surface area contributed by atoms with Crippen LogP contribution in [0, 0.1) is 0 Å². The zero-order valence-electron chi connectivity index (χ0n) is 13.6. The van der Waals surface area contributed by atoms with Gasteiger partial charge in [-0.1, -0.05) is 23.7 Å². The van der Waals surface area contributed by atoms with Crippen molar-refractivity contribution in [2.75, 3.05) is 32.5 Å². The van der Waals surface area contributed by atoms with Gasteiger partial charge in [0.2, 0.25) is 5.95 Å². The van der Waals surface area contributed by atoms with Crippen LogP contribution in [0.25, 0.3) is 27.6 Å². The molecule has 2 aromatic carbocycles. The molecule has 0 spiro atoms. The summed E-state index contributed by atoms with van der Waals surface area (Å²) < 4.78 is 2.07. The Hall–Kier alpha value is -2.37. The molecule has 0 aliphatic rings. The van der Waals surface area contributed by atoms with E-state index in [2.05, 4.69) is 34.8 Å². The van der Waals surface area contributed by atoms with Gasteiger partial charge in [-0.3, -0.25) is 4.40 Å². The number of para-hydroxylation sites is 2. The minimum Gasteiger partial charge on any atom is -0.354 e. The Morgan fingerprint density at radius 3 is 2.75 bits per heavy atom. The molecule has 0 saturated carbocycles. The van der Waals surface area contributed by atoms with E-state index in [-0.39, 0.29) is 0 Å². The number of halogens is 1. The second kappa shape index (κ2) is 5.92. The first-order chi connectivity index (χ1) is 11.6. The second-order valence-electron chi connectivity index (χ2n) is 6.09. The molecule has 122 valence electrons. The smallest absolute Gasteiger partial charge is 0.209 e. The van der Waals surface area contributed by atoms with Crippen molar-refractivity contribution >= 4 is 45.1 Å². The van der Waals surface area contributed by atoms with Crippen molar-refractivity contribution in [3.63, 3.8) is 0 Å². The maximum atomic E-state index is 6.19. The fraction of sp³-hybridized carbons (Fsp3) is 0.222. The Labute approximate surface area is 144 Å². The maximum absolute atomic E-state index is 6.19. The Balaban J connectivity index is 1.99. The van der Waals surface area contributed by atoms with Gasteiger partial charge >= 0.3 is 0 Å². The van der Waals surface area contributed by atoms with Gasteiger partial charge in [0.05, 0.1) is 16.6 Å². The van der Waals surface area contributed by atoms with Crippen molar-refractivity contribution in [1.82, 2.24) is 19.3 Å². The molecule has 4 rings (SSSR count). The molecule has 0 aliphatic carbocycles. The van der Waals surface area contributed by atoms with Gasteiger partial charge in [0, 0.05) is 23.5 Å². The highest BCUT2D eigenvalue weighted by molar-refractivity contribution is 6.31. The normalized spacial score (nSPS) is 11.8. The minimum absolute atomic E-state index is 0.687. The molecule has 0 radical (unpaired) electrons. The standard InChI is InChI=1S/C18H18ClN5/c1-23(2)10-9-20-18-22-14-8-7-12(19)11-13(14)17-21-15-5-3-4-6-16(15)24(17)18/h3-8,11H,9-10H2,1-2H3,(H,20,22). The Bertz CT molecular complexity index is 1040. The van der Waals surface area contributed by atoms with Crippen LogP contribution in [0.1, 0.15) is 0 Å². The predicted octanol–water partition coefficient (Wildman–Crippen LogP) is 3.66. The largest absolute Gasteiger partial charge is 0.354 e. The Morgan fingerprint density at radius 1 is 1.08 bits per heavy atom. The van der Waals surface area contributed by atoms with Crippen LogP contribution in [-0.4, -0.2) is 46.5 Å². The summed E-state index contributed by atoms with van der Waals surface area (Å²) in [6.07, 6.45) is 0. The van der Waals surface area contributed by atoms with Gasteiger partial charge in [0.15, 0.2) is 0 Å². The third kappa shape index (κ3) is 2.56. The molecule has 24 heavy (non-hydrogen) atoms. The van der Waals surface area contributed by atoms with Crippen molar-refractivity contribution in [3.8, 4) is 0 Å². The summed E-state index contributed by atoms with van der Waals surface area (Å²) in [5.74, 6) is 0.801. The van der Waals surface area contributed by atoms with Gasteiger partial charge in [-0.25, -0.2) is 9.97 Å². The quantitative estimate of drug-likeness (QED) is 0.616. The number of benzene rings is 2. The summed E-state index contributed by atoms with van der Waals surface area (Å²) in [6, 6.07) is 13.8. The monoisotopic (exact) mass is 339 g/mol. The topological polar surface area (TPSA) is 45.5 Å². The van der Waals surface area contributed by atoms with Crippen molar-refractivity contribution < 1.29 is 0 Å². The van der Waals surface area contributed by atoms with E-state index in [1.807, 2.05) is 36.4 Å². The summed E-state index contributed by atoms with van der Waals surface area (Å²) in [7, 11) is 4.11. The first-order valence-electron chi connectivity index (χ1n) is 7.88. The lowest BCUT2D eigenvalue weighted by Crippen LogP contribution is -2.22. The number of aromatic nitrogens is 3. The van der Waals surface area contributed by atoms with Crippen molar-refractivity contribution in [2.45, 2.75) is 0 Å². The van der Waals surface area contributed by atoms with E-state index in [0.717, 1.165) is 46.6 Å². The van der Waals surface area contributed by atoms with Crippen LogP contribution in [0.2, 0.25) is 5.02 Å². The molecular weight excluding hydrogens is 322 g/mol. The predicted molar refractivity (Wildman–Crippen MR) is 100 cm³/mol. The maximum Gasteiger partial charge on any atom is 0.209 e. The van der Waals surface area contributed by atoms with Crippen LogP contribution in [-0.2, 0) is 0 Å². The van der Waals surface area contributed by atoms with Crippen LogP contribution >= 0.6 is 11.6 Å². The number of anilines is 1. The number of nitrogens with zero attached hydrogens (tertiary/aromatic N) is 4. The minimum atomic E-state index is 0.687. The lowest BCUT2D eigenvalue weighted by Gasteiger charge is -2.13. The van der Waals surface area contributed by atoms with E-state index in [9.17, 15) is 0 Å². The van der Waals surface area contributed by atoms with E-state index in [1.54, 1.807) is 0 Å². The molecular formula is C18H18ClN5. The van der Waals surface area contributed by atoms with Gasteiger partial charge < -0.3 is 10.2 Å². The van der Waals surface area contributed by atoms with Crippen molar-refractivity contribution in [2.24, 2.45) is 0 Å². The average Bonchev–Trinajstić information content (AvgIpc) is 2.95. The summed E-state index contributed by atoms with van der Waals surface area (Å²) in [4.78, 5) is 11.7. The molecule has 2 heterocycles. The lowest BCUT2D eigenvalue weighted by atomic mass is 10.2. The number of hydrogen-bond donors (Lipinski definition) is 1. The number of rotatable bonds is 4. The van der Waals surface area contributed by atoms with E-state index < -0.39 is 0 Å². The van der Waals surface area contributed by atoms with Crippen LogP contribution in [0.3, 0.4) is 0 Å². The first-order valence-corrected chi connectivity index (χ1v) is 8.26.